The third-order valence-corrected chi connectivity index (χ3v) is 5.26. The number of aliphatic hydroxyl groups is 1. The highest BCUT2D eigenvalue weighted by atomic mass is 16.3. The molecule has 0 spiro atoms. The molecule has 4 rings (SSSR count). The number of fused-ring (bicyclic) bond motifs is 1. The summed E-state index contributed by atoms with van der Waals surface area (Å²) in [7, 11) is 0. The zero-order valence-corrected chi connectivity index (χ0v) is 16.0. The Bertz CT molecular complexity index is 1000. The van der Waals surface area contributed by atoms with Crippen molar-refractivity contribution in [2.75, 3.05) is 32.8 Å². The summed E-state index contributed by atoms with van der Waals surface area (Å²) in [6.07, 6.45) is 5.30. The van der Waals surface area contributed by atoms with Crippen molar-refractivity contribution >= 4 is 22.7 Å². The summed E-state index contributed by atoms with van der Waals surface area (Å²) < 4.78 is 0. The molecule has 1 fully saturated rings. The molecule has 29 heavy (non-hydrogen) atoms. The van der Waals surface area contributed by atoms with E-state index >= 15 is 0 Å². The van der Waals surface area contributed by atoms with Gasteiger partial charge in [0, 0.05) is 62.0 Å². The monoisotopic (exact) mass is 393 g/mol. The van der Waals surface area contributed by atoms with Crippen molar-refractivity contribution < 1.29 is 14.7 Å². The molecule has 3 aromatic rings. The first kappa shape index (κ1) is 19.1. The zero-order chi connectivity index (χ0) is 20.2. The van der Waals surface area contributed by atoms with Crippen LogP contribution in [-0.4, -0.2) is 74.7 Å². The normalized spacial score (nSPS) is 17.3. The van der Waals surface area contributed by atoms with E-state index in [1.807, 2.05) is 24.3 Å². The van der Waals surface area contributed by atoms with E-state index in [9.17, 15) is 14.7 Å². The van der Waals surface area contributed by atoms with Gasteiger partial charge in [-0.1, -0.05) is 6.07 Å². The van der Waals surface area contributed by atoms with E-state index in [1.54, 1.807) is 34.5 Å². The number of carbonyl (C=O) groups excluding carboxylic acids is 2. The fourth-order valence-electron chi connectivity index (χ4n) is 3.68. The molecule has 8 nitrogen and oxygen atoms in total. The van der Waals surface area contributed by atoms with Crippen molar-refractivity contribution in [2.45, 2.75) is 6.42 Å². The molecule has 1 aliphatic heterocycles. The Hall–Kier alpha value is -3.26. The lowest BCUT2D eigenvalue weighted by Crippen LogP contribution is -2.38. The summed E-state index contributed by atoms with van der Waals surface area (Å²) in [5.74, 6) is -0.314. The first-order valence-electron chi connectivity index (χ1n) is 9.64. The van der Waals surface area contributed by atoms with Crippen LogP contribution in [0.1, 0.15) is 15.9 Å². The average molecular weight is 393 g/mol. The molecule has 3 heterocycles. The van der Waals surface area contributed by atoms with E-state index in [0.717, 1.165) is 16.5 Å². The third kappa shape index (κ3) is 4.27. The maximum Gasteiger partial charge on any atom is 0.253 e. The van der Waals surface area contributed by atoms with Crippen LogP contribution in [0.4, 0.5) is 0 Å². The lowest BCUT2D eigenvalue weighted by atomic mass is 10.1. The minimum atomic E-state index is -0.183. The standard InChI is InChI=1S/C21H23N5O3/c27-14-16-12-25(20(28)8-15-10-23-24-11-15)6-7-26(13-16)21(29)18-3-4-19-17(9-18)2-1-5-22-19/h1-5,9-11,16,27H,6-8,12-14H2,(H,23,24). The molecule has 1 unspecified atom stereocenters. The number of hydrogen-bond acceptors (Lipinski definition) is 5. The van der Waals surface area contributed by atoms with Gasteiger partial charge in [0.05, 0.1) is 18.1 Å². The Balaban J connectivity index is 1.49. The Morgan fingerprint density at radius 3 is 2.79 bits per heavy atom. The number of hydrogen-bond donors (Lipinski definition) is 2. The molecular weight excluding hydrogens is 370 g/mol. The molecule has 2 aromatic heterocycles. The lowest BCUT2D eigenvalue weighted by Gasteiger charge is -2.23. The van der Waals surface area contributed by atoms with E-state index < -0.39 is 0 Å². The van der Waals surface area contributed by atoms with Crippen LogP contribution < -0.4 is 0 Å². The van der Waals surface area contributed by atoms with Gasteiger partial charge in [-0.05, 0) is 29.8 Å². The van der Waals surface area contributed by atoms with Crippen molar-refractivity contribution in [3.05, 3.63) is 60.0 Å². The fraction of sp³-hybridized carbons (Fsp3) is 0.333. The molecule has 8 heteroatoms. The summed E-state index contributed by atoms with van der Waals surface area (Å²) in [6, 6.07) is 9.22. The molecule has 0 aliphatic carbocycles. The summed E-state index contributed by atoms with van der Waals surface area (Å²) in [6.45, 7) is 1.63. The van der Waals surface area contributed by atoms with Crippen LogP contribution in [-0.2, 0) is 11.2 Å². The van der Waals surface area contributed by atoms with Crippen LogP contribution in [0.2, 0.25) is 0 Å². The second kappa shape index (κ2) is 8.40. The van der Waals surface area contributed by atoms with E-state index in [0.29, 0.717) is 31.7 Å². The van der Waals surface area contributed by atoms with Crippen molar-refractivity contribution in [3.63, 3.8) is 0 Å². The second-order valence-corrected chi connectivity index (χ2v) is 7.33. The van der Waals surface area contributed by atoms with Gasteiger partial charge in [-0.25, -0.2) is 0 Å². The quantitative estimate of drug-likeness (QED) is 0.691. The van der Waals surface area contributed by atoms with Gasteiger partial charge >= 0.3 is 0 Å². The molecule has 0 radical (unpaired) electrons. The minimum absolute atomic E-state index is 0.0315. The van der Waals surface area contributed by atoms with E-state index in [4.69, 9.17) is 0 Å². The molecule has 1 aliphatic rings. The first-order valence-corrected chi connectivity index (χ1v) is 9.64. The molecule has 1 atom stereocenters. The zero-order valence-electron chi connectivity index (χ0n) is 16.0. The van der Waals surface area contributed by atoms with Crippen LogP contribution in [0.5, 0.6) is 0 Å². The Morgan fingerprint density at radius 2 is 2.00 bits per heavy atom. The minimum Gasteiger partial charge on any atom is -0.396 e. The summed E-state index contributed by atoms with van der Waals surface area (Å²) in [5.41, 5.74) is 2.24. The highest BCUT2D eigenvalue weighted by Gasteiger charge is 2.28. The highest BCUT2D eigenvalue weighted by Crippen LogP contribution is 2.18. The molecule has 2 amide bonds. The van der Waals surface area contributed by atoms with Crippen LogP contribution in [0, 0.1) is 5.92 Å². The van der Waals surface area contributed by atoms with Gasteiger partial charge in [0.25, 0.3) is 5.91 Å². The topological polar surface area (TPSA) is 102 Å². The number of amides is 2. The molecule has 1 aromatic carbocycles. The average Bonchev–Trinajstić information content (AvgIpc) is 3.16. The number of nitrogens with one attached hydrogen (secondary N) is 1. The van der Waals surface area contributed by atoms with Crippen molar-refractivity contribution in [1.29, 1.82) is 0 Å². The molecule has 0 bridgehead atoms. The smallest absolute Gasteiger partial charge is 0.253 e. The van der Waals surface area contributed by atoms with Crippen LogP contribution in [0.3, 0.4) is 0 Å². The molecule has 1 saturated heterocycles. The van der Waals surface area contributed by atoms with E-state index in [2.05, 4.69) is 15.2 Å². The molecule has 0 saturated carbocycles. The Morgan fingerprint density at radius 1 is 1.17 bits per heavy atom. The van der Waals surface area contributed by atoms with Crippen molar-refractivity contribution in [1.82, 2.24) is 25.0 Å². The number of aromatic nitrogens is 3. The second-order valence-electron chi connectivity index (χ2n) is 7.33. The van der Waals surface area contributed by atoms with Gasteiger partial charge in [-0.15, -0.1) is 0 Å². The number of nitrogens with zero attached hydrogens (tertiary/aromatic N) is 4. The number of aliphatic hydroxyl groups excluding tert-OH is 1. The van der Waals surface area contributed by atoms with Crippen molar-refractivity contribution in [2.24, 2.45) is 5.92 Å². The van der Waals surface area contributed by atoms with Crippen LogP contribution in [0.15, 0.2) is 48.9 Å². The maximum atomic E-state index is 13.1. The predicted octanol–water partition coefficient (Wildman–Crippen LogP) is 1.09. The number of carbonyl (C=O) groups is 2. The first-order chi connectivity index (χ1) is 14.1. The molecule has 150 valence electrons. The highest BCUT2D eigenvalue weighted by molar-refractivity contribution is 5.98. The van der Waals surface area contributed by atoms with Crippen LogP contribution >= 0.6 is 0 Å². The predicted molar refractivity (Wildman–Crippen MR) is 107 cm³/mol. The van der Waals surface area contributed by atoms with Gasteiger partial charge < -0.3 is 14.9 Å². The van der Waals surface area contributed by atoms with Gasteiger partial charge in [0.2, 0.25) is 5.91 Å². The van der Waals surface area contributed by atoms with Gasteiger partial charge in [-0.2, -0.15) is 5.10 Å². The Labute approximate surface area is 168 Å². The number of rotatable bonds is 4. The SMILES string of the molecule is O=C(Cc1cn[nH]c1)N1CCN(C(=O)c2ccc3ncccc3c2)CC(CO)C1. The number of pyridine rings is 1. The maximum absolute atomic E-state index is 13.1. The van der Waals surface area contributed by atoms with Gasteiger partial charge in [0.1, 0.15) is 0 Å². The summed E-state index contributed by atoms with van der Waals surface area (Å²) in [5, 5.41) is 17.3. The van der Waals surface area contributed by atoms with Gasteiger partial charge in [-0.3, -0.25) is 19.7 Å². The van der Waals surface area contributed by atoms with E-state index in [-0.39, 0.29) is 30.8 Å². The summed E-state index contributed by atoms with van der Waals surface area (Å²) in [4.78, 5) is 33.5. The Kier molecular flexibility index (Phi) is 5.53. The lowest BCUT2D eigenvalue weighted by molar-refractivity contribution is -0.130. The number of benzene rings is 1. The fourth-order valence-corrected chi connectivity index (χ4v) is 3.68. The summed E-state index contributed by atoms with van der Waals surface area (Å²) >= 11 is 0. The van der Waals surface area contributed by atoms with Crippen LogP contribution in [0.25, 0.3) is 10.9 Å². The number of H-pyrrole nitrogens is 1. The van der Waals surface area contributed by atoms with Gasteiger partial charge in [0.15, 0.2) is 0 Å². The van der Waals surface area contributed by atoms with Crippen molar-refractivity contribution in [3.8, 4) is 0 Å². The van der Waals surface area contributed by atoms with E-state index in [1.165, 1.54) is 0 Å². The largest absolute Gasteiger partial charge is 0.396 e. The number of aromatic amines is 1. The third-order valence-electron chi connectivity index (χ3n) is 5.26. The molecule has 2 N–H and O–H groups in total. The molecular formula is C21H23N5O3.